The van der Waals surface area contributed by atoms with E-state index in [1.54, 1.807) is 67.6 Å². The Balaban J connectivity index is 1.85. The Morgan fingerprint density at radius 3 is 2.39 bits per heavy atom. The fourth-order valence-corrected chi connectivity index (χ4v) is 3.66. The van der Waals surface area contributed by atoms with Gasteiger partial charge in [-0.2, -0.15) is 0 Å². The summed E-state index contributed by atoms with van der Waals surface area (Å²) in [4.78, 5) is 27.4. The van der Waals surface area contributed by atoms with Gasteiger partial charge in [-0.15, -0.1) is 0 Å². The predicted octanol–water partition coefficient (Wildman–Crippen LogP) is 4.18. The van der Waals surface area contributed by atoms with E-state index >= 15 is 0 Å². The van der Waals surface area contributed by atoms with Crippen LogP contribution >= 0.6 is 0 Å². The van der Waals surface area contributed by atoms with Crippen LogP contribution in [0, 0.1) is 6.92 Å². The molecule has 0 radical (unpaired) electrons. The number of carbonyl (C=O) groups excluding carboxylic acids is 2. The summed E-state index contributed by atoms with van der Waals surface area (Å²) in [6.07, 6.45) is 1.63. The molecule has 0 bridgehead atoms. The highest BCUT2D eigenvalue weighted by Gasteiger charge is 2.48. The molecule has 2 aromatic carbocycles. The topological polar surface area (TPSA) is 102 Å². The number of benzene rings is 2. The lowest BCUT2D eigenvalue weighted by molar-refractivity contribution is -0.132. The molecule has 1 aliphatic rings. The zero-order chi connectivity index (χ0) is 23.5. The number of rotatable bonds is 7. The maximum Gasteiger partial charge on any atom is 0.301 e. The van der Waals surface area contributed by atoms with Crippen LogP contribution in [0.15, 0.2) is 77.3 Å². The standard InChI is InChI=1S/C25H22N2O6/c1-4-13-32-19-11-5-16(6-12-19)22-21(23(28)17-7-9-18(31-3)10-8-17)24(29)25(30)27(22)20-14-15(2)33-26-20/h4-12,14,22,28H,1,13H2,2-3H3/b23-21+. The van der Waals surface area contributed by atoms with E-state index in [2.05, 4.69) is 11.7 Å². The second-order valence-electron chi connectivity index (χ2n) is 7.36. The van der Waals surface area contributed by atoms with Crippen LogP contribution in [0.2, 0.25) is 0 Å². The van der Waals surface area contributed by atoms with E-state index in [1.165, 1.54) is 12.0 Å². The molecule has 1 fully saturated rings. The third kappa shape index (κ3) is 4.10. The van der Waals surface area contributed by atoms with Crippen molar-refractivity contribution < 1.29 is 28.7 Å². The number of aliphatic hydroxyl groups is 1. The molecule has 1 aromatic heterocycles. The zero-order valence-corrected chi connectivity index (χ0v) is 18.1. The number of hydrogen-bond acceptors (Lipinski definition) is 7. The highest BCUT2D eigenvalue weighted by atomic mass is 16.5. The first kappa shape index (κ1) is 21.9. The molecule has 2 heterocycles. The predicted molar refractivity (Wildman–Crippen MR) is 121 cm³/mol. The molecule has 1 amide bonds. The van der Waals surface area contributed by atoms with Gasteiger partial charge in [0.25, 0.3) is 5.78 Å². The smallest absolute Gasteiger partial charge is 0.301 e. The fraction of sp³-hybridized carbons (Fsp3) is 0.160. The van der Waals surface area contributed by atoms with Gasteiger partial charge in [-0.1, -0.05) is 29.9 Å². The molecule has 0 saturated carbocycles. The third-order valence-electron chi connectivity index (χ3n) is 5.23. The van der Waals surface area contributed by atoms with E-state index in [0.29, 0.717) is 35.0 Å². The van der Waals surface area contributed by atoms with Crippen LogP contribution in [-0.2, 0) is 9.59 Å². The third-order valence-corrected chi connectivity index (χ3v) is 5.23. The molecule has 1 N–H and O–H groups in total. The van der Waals surface area contributed by atoms with Gasteiger partial charge < -0.3 is 19.1 Å². The quantitative estimate of drug-likeness (QED) is 0.251. The molecule has 8 heteroatoms. The van der Waals surface area contributed by atoms with Gasteiger partial charge in [-0.25, -0.2) is 0 Å². The molecule has 4 rings (SSSR count). The van der Waals surface area contributed by atoms with Crippen molar-refractivity contribution in [3.63, 3.8) is 0 Å². The minimum Gasteiger partial charge on any atom is -0.507 e. The van der Waals surface area contributed by atoms with Crippen molar-refractivity contribution >= 4 is 23.3 Å². The Morgan fingerprint density at radius 2 is 1.82 bits per heavy atom. The van der Waals surface area contributed by atoms with Crippen LogP contribution in [0.5, 0.6) is 11.5 Å². The Hall–Kier alpha value is -4.33. The maximum atomic E-state index is 13.1. The number of anilines is 1. The normalized spacial score (nSPS) is 17.3. The Labute approximate surface area is 190 Å². The van der Waals surface area contributed by atoms with Crippen LogP contribution < -0.4 is 14.4 Å². The Kier molecular flexibility index (Phi) is 5.99. The second-order valence-corrected chi connectivity index (χ2v) is 7.36. The van der Waals surface area contributed by atoms with Crippen LogP contribution in [0.1, 0.15) is 22.9 Å². The summed E-state index contributed by atoms with van der Waals surface area (Å²) in [5.41, 5.74) is 0.919. The number of methoxy groups -OCH3 is 1. The first-order chi connectivity index (χ1) is 15.9. The van der Waals surface area contributed by atoms with E-state index in [-0.39, 0.29) is 17.2 Å². The molecule has 1 saturated heterocycles. The minimum absolute atomic E-state index is 0.0504. The lowest BCUT2D eigenvalue weighted by Gasteiger charge is -2.23. The lowest BCUT2D eigenvalue weighted by Crippen LogP contribution is -2.29. The molecule has 0 aliphatic carbocycles. The van der Waals surface area contributed by atoms with Gasteiger partial charge in [0.05, 0.1) is 18.7 Å². The first-order valence-electron chi connectivity index (χ1n) is 10.2. The molecule has 3 aromatic rings. The largest absolute Gasteiger partial charge is 0.507 e. The summed E-state index contributed by atoms with van der Waals surface area (Å²) in [6, 6.07) is 14.1. The van der Waals surface area contributed by atoms with Crippen molar-refractivity contribution in [3.05, 3.63) is 89.7 Å². The highest BCUT2D eigenvalue weighted by Crippen LogP contribution is 2.42. The number of ketones is 1. The molecule has 0 spiro atoms. The van der Waals surface area contributed by atoms with Crippen molar-refractivity contribution in [2.45, 2.75) is 13.0 Å². The SMILES string of the molecule is C=CCOc1ccc(C2/C(=C(\O)c3ccc(OC)cc3)C(=O)C(=O)N2c2cc(C)on2)cc1. The van der Waals surface area contributed by atoms with Crippen LogP contribution in [0.4, 0.5) is 5.82 Å². The summed E-state index contributed by atoms with van der Waals surface area (Å²) in [5.74, 6) is -0.0684. The molecule has 1 atom stereocenters. The van der Waals surface area contributed by atoms with Crippen molar-refractivity contribution in [2.75, 3.05) is 18.6 Å². The number of hydrogen-bond donors (Lipinski definition) is 1. The van der Waals surface area contributed by atoms with Crippen molar-refractivity contribution in [1.29, 1.82) is 0 Å². The van der Waals surface area contributed by atoms with Gasteiger partial charge in [0.2, 0.25) is 0 Å². The molecule has 8 nitrogen and oxygen atoms in total. The number of aromatic nitrogens is 1. The number of ether oxygens (including phenoxy) is 2. The number of aryl methyl sites for hydroxylation is 1. The van der Waals surface area contributed by atoms with Crippen molar-refractivity contribution in [3.8, 4) is 11.5 Å². The van der Waals surface area contributed by atoms with E-state index in [9.17, 15) is 14.7 Å². The van der Waals surface area contributed by atoms with E-state index < -0.39 is 17.7 Å². The van der Waals surface area contributed by atoms with Gasteiger partial charge >= 0.3 is 5.91 Å². The van der Waals surface area contributed by atoms with E-state index in [0.717, 1.165) is 0 Å². The van der Waals surface area contributed by atoms with Gasteiger partial charge in [-0.05, 0) is 48.9 Å². The maximum absolute atomic E-state index is 13.1. The molecule has 1 aliphatic heterocycles. The van der Waals surface area contributed by atoms with Crippen molar-refractivity contribution in [1.82, 2.24) is 5.16 Å². The molecular formula is C25H22N2O6. The molecule has 1 unspecified atom stereocenters. The summed E-state index contributed by atoms with van der Waals surface area (Å²) < 4.78 is 15.8. The fourth-order valence-electron chi connectivity index (χ4n) is 3.66. The van der Waals surface area contributed by atoms with Gasteiger partial charge in [0.15, 0.2) is 5.82 Å². The molecule has 33 heavy (non-hydrogen) atoms. The summed E-state index contributed by atoms with van der Waals surface area (Å²) in [6.45, 7) is 5.65. The van der Waals surface area contributed by atoms with E-state index in [4.69, 9.17) is 14.0 Å². The number of carbonyl (C=O) groups is 2. The van der Waals surface area contributed by atoms with Gasteiger partial charge in [0, 0.05) is 11.6 Å². The van der Waals surface area contributed by atoms with Crippen LogP contribution in [0.3, 0.4) is 0 Å². The zero-order valence-electron chi connectivity index (χ0n) is 18.1. The Morgan fingerprint density at radius 1 is 1.15 bits per heavy atom. The average molecular weight is 446 g/mol. The van der Waals surface area contributed by atoms with Crippen LogP contribution in [0.25, 0.3) is 5.76 Å². The van der Waals surface area contributed by atoms with Crippen molar-refractivity contribution in [2.24, 2.45) is 0 Å². The van der Waals surface area contributed by atoms with Crippen LogP contribution in [-0.4, -0.2) is 35.7 Å². The first-order valence-corrected chi connectivity index (χ1v) is 10.2. The minimum atomic E-state index is -0.912. The number of nitrogens with zero attached hydrogens (tertiary/aromatic N) is 2. The number of amides is 1. The monoisotopic (exact) mass is 446 g/mol. The Bertz CT molecular complexity index is 1220. The van der Waals surface area contributed by atoms with Gasteiger partial charge in [-0.3, -0.25) is 14.5 Å². The molecular weight excluding hydrogens is 424 g/mol. The molecule has 168 valence electrons. The average Bonchev–Trinajstić information content (AvgIpc) is 3.38. The summed E-state index contributed by atoms with van der Waals surface area (Å²) in [5, 5.41) is 15.0. The lowest BCUT2D eigenvalue weighted by atomic mass is 9.95. The highest BCUT2D eigenvalue weighted by molar-refractivity contribution is 6.51. The number of Topliss-reactive ketones (excluding diaryl/α,β-unsaturated/α-hetero) is 1. The number of aliphatic hydroxyl groups excluding tert-OH is 1. The van der Waals surface area contributed by atoms with E-state index in [1.807, 2.05) is 0 Å². The second kappa shape index (κ2) is 9.04. The summed E-state index contributed by atoms with van der Waals surface area (Å²) in [7, 11) is 1.53. The van der Waals surface area contributed by atoms with Gasteiger partial charge in [0.1, 0.15) is 29.6 Å². The summed E-state index contributed by atoms with van der Waals surface area (Å²) >= 11 is 0.